The zero-order chi connectivity index (χ0) is 30.2. The lowest BCUT2D eigenvalue weighted by Gasteiger charge is -2.09. The number of hydrogen-bond acceptors (Lipinski definition) is 10. The molecule has 0 heterocycles. The van der Waals surface area contributed by atoms with Gasteiger partial charge in [0.15, 0.2) is 0 Å². The lowest BCUT2D eigenvalue weighted by molar-refractivity contribution is -0.139. The van der Waals surface area contributed by atoms with Gasteiger partial charge in [-0.3, -0.25) is 4.79 Å². The van der Waals surface area contributed by atoms with Crippen molar-refractivity contribution < 1.29 is 47.6 Å². The van der Waals surface area contributed by atoms with Gasteiger partial charge in [0.05, 0.1) is 37.6 Å². The maximum absolute atomic E-state index is 12.5. The van der Waals surface area contributed by atoms with Crippen molar-refractivity contribution in [3.05, 3.63) is 96.6 Å². The summed E-state index contributed by atoms with van der Waals surface area (Å²) < 4.78 is 31.8. The van der Waals surface area contributed by atoms with Gasteiger partial charge in [0, 0.05) is 18.7 Å². The van der Waals surface area contributed by atoms with E-state index in [2.05, 4.69) is 11.9 Å². The second-order valence-corrected chi connectivity index (χ2v) is 8.48. The molecule has 0 bridgehead atoms. The number of hydrogen-bond donors (Lipinski definition) is 1. The fourth-order valence-corrected chi connectivity index (χ4v) is 3.29. The molecule has 0 spiro atoms. The van der Waals surface area contributed by atoms with Crippen LogP contribution in [0.25, 0.3) is 0 Å². The Labute approximate surface area is 242 Å². The molecule has 11 heteroatoms. The van der Waals surface area contributed by atoms with Crippen molar-refractivity contribution in [2.45, 2.75) is 6.92 Å². The van der Waals surface area contributed by atoms with Crippen molar-refractivity contribution in [2.24, 2.45) is 0 Å². The smallest absolute Gasteiger partial charge is 0.343 e. The molecule has 0 radical (unpaired) electrons. The van der Waals surface area contributed by atoms with Gasteiger partial charge in [0.2, 0.25) is 5.91 Å². The van der Waals surface area contributed by atoms with Crippen molar-refractivity contribution >= 4 is 29.5 Å². The Bertz CT molecular complexity index is 1340. The minimum Gasteiger partial charge on any atom is -0.491 e. The zero-order valence-corrected chi connectivity index (χ0v) is 23.0. The summed E-state index contributed by atoms with van der Waals surface area (Å²) >= 11 is 0. The molecular weight excluding hydrogens is 546 g/mol. The van der Waals surface area contributed by atoms with E-state index in [1.54, 1.807) is 48.5 Å². The predicted octanol–water partition coefficient (Wildman–Crippen LogP) is 4.22. The molecule has 1 N–H and O–H groups in total. The van der Waals surface area contributed by atoms with Gasteiger partial charge in [-0.1, -0.05) is 6.58 Å². The molecule has 0 aliphatic heterocycles. The summed E-state index contributed by atoms with van der Waals surface area (Å²) in [4.78, 5) is 46.9. The highest BCUT2D eigenvalue weighted by atomic mass is 16.6. The molecule has 11 nitrogen and oxygen atoms in total. The highest BCUT2D eigenvalue weighted by Gasteiger charge is 2.12. The highest BCUT2D eigenvalue weighted by Crippen LogP contribution is 2.20. The van der Waals surface area contributed by atoms with Gasteiger partial charge in [-0.05, 0) is 72.8 Å². The topological polar surface area (TPSA) is 136 Å². The molecule has 0 aromatic heterocycles. The van der Waals surface area contributed by atoms with Crippen molar-refractivity contribution in [3.8, 4) is 17.2 Å². The van der Waals surface area contributed by atoms with Crippen LogP contribution in [0, 0.1) is 0 Å². The fraction of sp³-hybridized carbons (Fsp3) is 0.226. The lowest BCUT2D eigenvalue weighted by atomic mass is 10.2. The van der Waals surface area contributed by atoms with E-state index in [1.165, 1.54) is 31.2 Å². The molecule has 0 saturated carbocycles. The fourth-order valence-electron chi connectivity index (χ4n) is 3.29. The number of ether oxygens (including phenoxy) is 6. The van der Waals surface area contributed by atoms with Gasteiger partial charge in [-0.25, -0.2) is 14.4 Å². The van der Waals surface area contributed by atoms with Crippen molar-refractivity contribution in [1.82, 2.24) is 0 Å². The third kappa shape index (κ3) is 11.2. The molecule has 220 valence electrons. The second-order valence-electron chi connectivity index (χ2n) is 8.48. The summed E-state index contributed by atoms with van der Waals surface area (Å²) in [5.41, 5.74) is 1.17. The van der Waals surface area contributed by atoms with Crippen LogP contribution >= 0.6 is 0 Å². The second kappa shape index (κ2) is 17.0. The summed E-state index contributed by atoms with van der Waals surface area (Å²) in [6, 6.07) is 18.8. The van der Waals surface area contributed by atoms with Crippen LogP contribution in [-0.2, 0) is 23.8 Å². The number of nitrogens with one attached hydrogen (secondary N) is 1. The number of amides is 1. The third-order valence-corrected chi connectivity index (χ3v) is 5.28. The van der Waals surface area contributed by atoms with E-state index in [0.29, 0.717) is 49.2 Å². The molecule has 0 saturated heterocycles. The lowest BCUT2D eigenvalue weighted by Crippen LogP contribution is -2.13. The monoisotopic (exact) mass is 577 g/mol. The molecule has 0 fully saturated rings. The number of carbonyl (C=O) groups is 4. The van der Waals surface area contributed by atoms with E-state index < -0.39 is 17.9 Å². The van der Waals surface area contributed by atoms with E-state index in [9.17, 15) is 19.2 Å². The molecule has 42 heavy (non-hydrogen) atoms. The predicted molar refractivity (Wildman–Crippen MR) is 152 cm³/mol. The van der Waals surface area contributed by atoms with E-state index in [-0.39, 0.29) is 30.4 Å². The van der Waals surface area contributed by atoms with Gasteiger partial charge in [0.25, 0.3) is 0 Å². The highest BCUT2D eigenvalue weighted by molar-refractivity contribution is 5.93. The van der Waals surface area contributed by atoms with Gasteiger partial charge in [-0.15, -0.1) is 0 Å². The first-order valence-electron chi connectivity index (χ1n) is 12.9. The SMILES string of the molecule is C=CC(=O)OCCOCCOCCOc1ccc(C(=O)Oc2ccc(C(=O)Oc3ccc(NC(C)=O)cc3)cc2)cc1. The molecule has 0 aliphatic carbocycles. The van der Waals surface area contributed by atoms with Crippen LogP contribution in [0.2, 0.25) is 0 Å². The molecule has 0 aliphatic rings. The Hall–Kier alpha value is -5.00. The first kappa shape index (κ1) is 31.5. The summed E-state index contributed by atoms with van der Waals surface area (Å²) in [6.45, 7) is 6.49. The van der Waals surface area contributed by atoms with Crippen molar-refractivity contribution in [1.29, 1.82) is 0 Å². The van der Waals surface area contributed by atoms with Gasteiger partial charge in [-0.2, -0.15) is 0 Å². The minimum absolute atomic E-state index is 0.153. The molecule has 0 unspecified atom stereocenters. The number of carbonyl (C=O) groups excluding carboxylic acids is 4. The normalized spacial score (nSPS) is 10.3. The molecule has 1 amide bonds. The number of esters is 3. The van der Waals surface area contributed by atoms with Crippen molar-refractivity contribution in [3.63, 3.8) is 0 Å². The van der Waals surface area contributed by atoms with Crippen LogP contribution in [0.3, 0.4) is 0 Å². The minimum atomic E-state index is -0.585. The van der Waals surface area contributed by atoms with Crippen molar-refractivity contribution in [2.75, 3.05) is 45.0 Å². The van der Waals surface area contributed by atoms with Crippen LogP contribution in [0.4, 0.5) is 5.69 Å². The Morgan fingerprint density at radius 2 is 1.10 bits per heavy atom. The molecule has 3 rings (SSSR count). The van der Waals surface area contributed by atoms with Crippen LogP contribution in [0.1, 0.15) is 27.6 Å². The van der Waals surface area contributed by atoms with Gasteiger partial charge in [0.1, 0.15) is 30.5 Å². The van der Waals surface area contributed by atoms with Gasteiger partial charge < -0.3 is 33.7 Å². The zero-order valence-electron chi connectivity index (χ0n) is 23.0. The summed E-state index contributed by atoms with van der Waals surface area (Å²) in [7, 11) is 0. The average molecular weight is 578 g/mol. The largest absolute Gasteiger partial charge is 0.491 e. The standard InChI is InChI=1S/C31H31NO10/c1-3-29(34)40-21-19-38-17-16-37-18-20-39-26-10-4-23(5-11-26)30(35)41-27-12-6-24(7-13-27)31(36)42-28-14-8-25(9-15-28)32-22(2)33/h3-15H,1,16-21H2,2H3,(H,32,33). The first-order valence-corrected chi connectivity index (χ1v) is 12.9. The summed E-state index contributed by atoms with van der Waals surface area (Å²) in [5, 5.41) is 2.63. The maximum atomic E-state index is 12.5. The van der Waals surface area contributed by atoms with E-state index >= 15 is 0 Å². The van der Waals surface area contributed by atoms with Crippen LogP contribution < -0.4 is 19.5 Å². The molecule has 0 atom stereocenters. The Kier molecular flexibility index (Phi) is 12.7. The van der Waals surface area contributed by atoms with Crippen LogP contribution in [0.15, 0.2) is 85.5 Å². The van der Waals surface area contributed by atoms with E-state index in [4.69, 9.17) is 28.4 Å². The third-order valence-electron chi connectivity index (χ3n) is 5.28. The van der Waals surface area contributed by atoms with Gasteiger partial charge >= 0.3 is 17.9 Å². The van der Waals surface area contributed by atoms with E-state index in [1.807, 2.05) is 0 Å². The average Bonchev–Trinajstić information content (AvgIpc) is 2.99. The number of benzene rings is 3. The molecular formula is C31H31NO10. The van der Waals surface area contributed by atoms with Crippen LogP contribution in [0.5, 0.6) is 17.2 Å². The van der Waals surface area contributed by atoms with Crippen LogP contribution in [-0.4, -0.2) is 63.5 Å². The first-order chi connectivity index (χ1) is 20.3. The number of anilines is 1. The Morgan fingerprint density at radius 1 is 0.643 bits per heavy atom. The van der Waals surface area contributed by atoms with E-state index in [0.717, 1.165) is 6.08 Å². The maximum Gasteiger partial charge on any atom is 0.343 e. The number of rotatable bonds is 16. The summed E-state index contributed by atoms with van der Waals surface area (Å²) in [5.74, 6) is -0.714. The Balaban J connectivity index is 1.34. The summed E-state index contributed by atoms with van der Waals surface area (Å²) in [6.07, 6.45) is 1.09. The molecule has 3 aromatic rings. The Morgan fingerprint density at radius 3 is 1.60 bits per heavy atom. The molecule has 3 aromatic carbocycles. The quantitative estimate of drug-likeness (QED) is 0.114.